The second-order valence-corrected chi connectivity index (χ2v) is 9.77. The van der Waals surface area contributed by atoms with Crippen LogP contribution in [0.1, 0.15) is 45.4 Å². The highest BCUT2D eigenvalue weighted by atomic mass is 16.6. The number of nitro groups is 1. The maximum Gasteiger partial charge on any atom is 0.269 e. The lowest BCUT2D eigenvalue weighted by molar-refractivity contribution is -0.384. The molecule has 1 unspecified atom stereocenters. The van der Waals surface area contributed by atoms with Crippen molar-refractivity contribution < 1.29 is 18.9 Å². The zero-order valence-corrected chi connectivity index (χ0v) is 19.7. The molecule has 0 radical (unpaired) electrons. The molecule has 8 heteroatoms. The van der Waals surface area contributed by atoms with Gasteiger partial charge in [0.25, 0.3) is 5.69 Å². The number of rotatable bonds is 3. The molecule has 0 saturated heterocycles. The van der Waals surface area contributed by atoms with Crippen LogP contribution >= 0.6 is 0 Å². The summed E-state index contributed by atoms with van der Waals surface area (Å²) in [7, 11) is 0. The average molecular weight is 472 g/mol. The molecular formula is C27H25N3O5. The minimum Gasteiger partial charge on any atom is -0.459 e. The molecule has 2 aliphatic rings. The number of hydrogen-bond donors (Lipinski definition) is 1. The third kappa shape index (κ3) is 4.01. The first-order valence-corrected chi connectivity index (χ1v) is 11.4. The second-order valence-electron chi connectivity index (χ2n) is 9.77. The van der Waals surface area contributed by atoms with E-state index >= 15 is 0 Å². The van der Waals surface area contributed by atoms with Crippen molar-refractivity contribution in [2.24, 2.45) is 5.41 Å². The van der Waals surface area contributed by atoms with Gasteiger partial charge in [-0.1, -0.05) is 26.0 Å². The van der Waals surface area contributed by atoms with E-state index in [9.17, 15) is 19.7 Å². The molecule has 0 saturated carbocycles. The van der Waals surface area contributed by atoms with Gasteiger partial charge in [-0.05, 0) is 48.2 Å². The van der Waals surface area contributed by atoms with Gasteiger partial charge in [0.05, 0.1) is 16.3 Å². The number of amides is 1. The number of anilines is 2. The number of carbonyl (C=O) groups is 2. The predicted molar refractivity (Wildman–Crippen MR) is 132 cm³/mol. The fourth-order valence-electron chi connectivity index (χ4n) is 5.01. The smallest absolute Gasteiger partial charge is 0.269 e. The molecule has 1 N–H and O–H groups in total. The standard InChI is InChI=1S/C27H25N3O5/c1-16(31)29-21-7-5-4-6-19(21)28-20-14-27(2,3)15-22(32)25(20)26(29)24-13-12-23(35-24)17-8-10-18(11-9-17)30(33)34/h4-13,26,28H,14-15H2,1-3H3. The Morgan fingerprint density at radius 3 is 2.49 bits per heavy atom. The zero-order chi connectivity index (χ0) is 24.9. The number of Topliss-reactive ketones (excluding diaryl/α,β-unsaturated/α-hetero) is 1. The van der Waals surface area contributed by atoms with Crippen LogP contribution in [-0.4, -0.2) is 16.6 Å². The minimum atomic E-state index is -0.742. The van der Waals surface area contributed by atoms with Crippen molar-refractivity contribution in [3.05, 3.63) is 87.8 Å². The van der Waals surface area contributed by atoms with Gasteiger partial charge in [0.1, 0.15) is 17.6 Å². The predicted octanol–water partition coefficient (Wildman–Crippen LogP) is 6.02. The lowest BCUT2D eigenvalue weighted by Crippen LogP contribution is -2.38. The first-order chi connectivity index (χ1) is 16.6. The normalized spacial score (nSPS) is 18.9. The highest BCUT2D eigenvalue weighted by Crippen LogP contribution is 2.48. The number of hydrogen-bond acceptors (Lipinski definition) is 6. The van der Waals surface area contributed by atoms with Crippen LogP contribution in [0.5, 0.6) is 0 Å². The summed E-state index contributed by atoms with van der Waals surface area (Å²) in [4.78, 5) is 38.7. The quantitative estimate of drug-likeness (QED) is 0.370. The molecule has 3 aromatic rings. The minimum absolute atomic E-state index is 0.0139. The summed E-state index contributed by atoms with van der Waals surface area (Å²) >= 11 is 0. The van der Waals surface area contributed by atoms with Crippen molar-refractivity contribution >= 4 is 28.8 Å². The maximum atomic E-state index is 13.5. The van der Waals surface area contributed by atoms with Crippen LogP contribution in [0.4, 0.5) is 17.1 Å². The SMILES string of the molecule is CC(=O)N1c2ccccc2NC2=C(C(=O)CC(C)(C)C2)C1c1ccc(-c2ccc([N+](=O)[O-])cc2)o1. The molecule has 178 valence electrons. The number of furan rings is 1. The van der Waals surface area contributed by atoms with E-state index in [0.717, 1.165) is 11.4 Å². The molecule has 0 spiro atoms. The number of nitro benzene ring substituents is 1. The number of fused-ring (bicyclic) bond motifs is 1. The van der Waals surface area contributed by atoms with Gasteiger partial charge in [-0.15, -0.1) is 0 Å². The Balaban J connectivity index is 1.67. The Hall–Kier alpha value is -4.20. The van der Waals surface area contributed by atoms with Crippen molar-refractivity contribution in [2.45, 2.75) is 39.7 Å². The molecule has 1 aliphatic carbocycles. The van der Waals surface area contributed by atoms with E-state index in [0.29, 0.717) is 41.2 Å². The fourth-order valence-corrected chi connectivity index (χ4v) is 5.01. The van der Waals surface area contributed by atoms with Gasteiger partial charge in [-0.2, -0.15) is 0 Å². The molecule has 1 amide bonds. The molecule has 1 aliphatic heterocycles. The van der Waals surface area contributed by atoms with Crippen molar-refractivity contribution in [1.82, 2.24) is 0 Å². The third-order valence-electron chi connectivity index (χ3n) is 6.50. The highest BCUT2D eigenvalue weighted by molar-refractivity contribution is 6.05. The van der Waals surface area contributed by atoms with Gasteiger partial charge in [0.15, 0.2) is 5.78 Å². The van der Waals surface area contributed by atoms with Gasteiger partial charge < -0.3 is 9.73 Å². The summed E-state index contributed by atoms with van der Waals surface area (Å²) in [6.45, 7) is 5.60. The molecule has 35 heavy (non-hydrogen) atoms. The van der Waals surface area contributed by atoms with Crippen LogP contribution in [0.3, 0.4) is 0 Å². The summed E-state index contributed by atoms with van der Waals surface area (Å²) in [5.74, 6) is 0.701. The number of carbonyl (C=O) groups excluding carboxylic acids is 2. The van der Waals surface area contributed by atoms with Crippen LogP contribution in [0.25, 0.3) is 11.3 Å². The Morgan fingerprint density at radius 1 is 1.09 bits per heavy atom. The second kappa shape index (κ2) is 8.23. The number of non-ortho nitro benzene ring substituents is 1. The average Bonchev–Trinajstić information content (AvgIpc) is 3.22. The van der Waals surface area contributed by atoms with Crippen molar-refractivity contribution in [1.29, 1.82) is 0 Å². The van der Waals surface area contributed by atoms with E-state index in [4.69, 9.17) is 4.42 Å². The van der Waals surface area contributed by atoms with Crippen molar-refractivity contribution in [3.8, 4) is 11.3 Å². The molecule has 5 rings (SSSR count). The van der Waals surface area contributed by atoms with E-state index in [-0.39, 0.29) is 22.8 Å². The number of allylic oxidation sites excluding steroid dienone is 1. The number of benzene rings is 2. The van der Waals surface area contributed by atoms with E-state index in [1.165, 1.54) is 19.1 Å². The number of ketones is 1. The summed E-state index contributed by atoms with van der Waals surface area (Å²) in [5.41, 5.74) is 3.17. The Morgan fingerprint density at radius 2 is 1.80 bits per heavy atom. The Kier molecular flexibility index (Phi) is 5.31. The van der Waals surface area contributed by atoms with E-state index in [1.807, 2.05) is 24.3 Å². The largest absolute Gasteiger partial charge is 0.459 e. The van der Waals surface area contributed by atoms with Gasteiger partial charge in [0.2, 0.25) is 5.91 Å². The van der Waals surface area contributed by atoms with E-state index in [2.05, 4.69) is 19.2 Å². The Labute approximate surface area is 202 Å². The molecule has 0 bridgehead atoms. The molecular weight excluding hydrogens is 446 g/mol. The van der Waals surface area contributed by atoms with Gasteiger partial charge in [-0.3, -0.25) is 24.6 Å². The fraction of sp³-hybridized carbons (Fsp3) is 0.259. The van der Waals surface area contributed by atoms with Crippen molar-refractivity contribution in [2.75, 3.05) is 10.2 Å². The summed E-state index contributed by atoms with van der Waals surface area (Å²) in [6.07, 6.45) is 1.02. The zero-order valence-electron chi connectivity index (χ0n) is 19.7. The van der Waals surface area contributed by atoms with E-state index in [1.54, 1.807) is 29.2 Å². The summed E-state index contributed by atoms with van der Waals surface area (Å²) < 4.78 is 6.23. The number of nitrogens with one attached hydrogen (secondary N) is 1. The van der Waals surface area contributed by atoms with Crippen LogP contribution in [0.2, 0.25) is 0 Å². The lowest BCUT2D eigenvalue weighted by Gasteiger charge is -2.35. The van der Waals surface area contributed by atoms with Gasteiger partial charge >= 0.3 is 0 Å². The number of nitrogens with zero attached hydrogens (tertiary/aromatic N) is 2. The molecule has 8 nitrogen and oxygen atoms in total. The van der Waals surface area contributed by atoms with Crippen molar-refractivity contribution in [3.63, 3.8) is 0 Å². The maximum absolute atomic E-state index is 13.5. The summed E-state index contributed by atoms with van der Waals surface area (Å²) in [6, 6.07) is 16.3. The highest BCUT2D eigenvalue weighted by Gasteiger charge is 2.43. The Bertz CT molecular complexity index is 1380. The van der Waals surface area contributed by atoms with Crippen LogP contribution < -0.4 is 10.2 Å². The molecule has 1 atom stereocenters. The van der Waals surface area contributed by atoms with Gasteiger partial charge in [0, 0.05) is 42.3 Å². The first-order valence-electron chi connectivity index (χ1n) is 11.4. The summed E-state index contributed by atoms with van der Waals surface area (Å²) in [5, 5.41) is 14.5. The van der Waals surface area contributed by atoms with E-state index < -0.39 is 11.0 Å². The molecule has 2 aromatic carbocycles. The van der Waals surface area contributed by atoms with Gasteiger partial charge in [-0.25, -0.2) is 0 Å². The number of para-hydroxylation sites is 2. The van der Waals surface area contributed by atoms with Crippen LogP contribution in [0.15, 0.2) is 76.4 Å². The first kappa shape index (κ1) is 22.6. The molecule has 1 aromatic heterocycles. The van der Waals surface area contributed by atoms with Crippen LogP contribution in [0, 0.1) is 15.5 Å². The molecule has 2 heterocycles. The lowest BCUT2D eigenvalue weighted by atomic mass is 9.74. The molecule has 0 fully saturated rings. The third-order valence-corrected chi connectivity index (χ3v) is 6.50. The topological polar surface area (TPSA) is 106 Å². The monoisotopic (exact) mass is 471 g/mol. The van der Waals surface area contributed by atoms with Crippen LogP contribution in [-0.2, 0) is 9.59 Å².